The zero-order valence-electron chi connectivity index (χ0n) is 15.0. The highest BCUT2D eigenvalue weighted by Gasteiger charge is 2.13. The maximum absolute atomic E-state index is 13.0. The number of carbonyl (C=O) groups is 2. The number of rotatable bonds is 6. The van der Waals surface area contributed by atoms with Crippen LogP contribution in [0.5, 0.6) is 0 Å². The topological polar surface area (TPSA) is 84.2 Å². The molecule has 0 atom stereocenters. The molecule has 0 aliphatic carbocycles. The molecule has 0 aliphatic heterocycles. The van der Waals surface area contributed by atoms with Gasteiger partial charge in [-0.3, -0.25) is 9.59 Å². The van der Waals surface area contributed by atoms with Crippen LogP contribution in [0.4, 0.5) is 10.1 Å². The summed E-state index contributed by atoms with van der Waals surface area (Å²) >= 11 is 5.91. The fraction of sp³-hybridized carbons (Fsp3) is 0.150. The summed E-state index contributed by atoms with van der Waals surface area (Å²) in [6, 6.07) is 12.6. The average Bonchev–Trinajstić information content (AvgIpc) is 3.12. The molecule has 0 aliphatic rings. The number of halogens is 2. The van der Waals surface area contributed by atoms with Crippen molar-refractivity contribution in [2.24, 2.45) is 0 Å². The van der Waals surface area contributed by atoms with Gasteiger partial charge in [-0.05, 0) is 48.9 Å². The summed E-state index contributed by atoms with van der Waals surface area (Å²) in [5, 5.41) is 9.64. The molecule has 28 heavy (non-hydrogen) atoms. The van der Waals surface area contributed by atoms with Crippen LogP contribution >= 0.6 is 11.6 Å². The highest BCUT2D eigenvalue weighted by Crippen LogP contribution is 2.21. The lowest BCUT2D eigenvalue weighted by Gasteiger charge is -2.08. The molecule has 2 amide bonds. The van der Waals surface area contributed by atoms with Gasteiger partial charge in [0.1, 0.15) is 17.9 Å². The fourth-order valence-electron chi connectivity index (χ4n) is 2.47. The van der Waals surface area contributed by atoms with Crippen molar-refractivity contribution in [2.45, 2.75) is 19.9 Å². The van der Waals surface area contributed by atoms with E-state index in [4.69, 9.17) is 16.1 Å². The molecule has 2 aromatic carbocycles. The summed E-state index contributed by atoms with van der Waals surface area (Å²) in [5.41, 5.74) is 2.62. The zero-order valence-corrected chi connectivity index (χ0v) is 15.7. The third-order valence-corrected chi connectivity index (χ3v) is 4.19. The lowest BCUT2D eigenvalue weighted by atomic mass is 10.1. The molecule has 0 fully saturated rings. The van der Waals surface area contributed by atoms with E-state index in [1.807, 2.05) is 6.92 Å². The second kappa shape index (κ2) is 8.67. The predicted molar refractivity (Wildman–Crippen MR) is 103 cm³/mol. The molecule has 144 valence electrons. The Bertz CT molecular complexity index is 1000. The van der Waals surface area contributed by atoms with Crippen molar-refractivity contribution in [2.75, 3.05) is 5.32 Å². The van der Waals surface area contributed by atoms with E-state index < -0.39 is 11.8 Å². The number of carbonyl (C=O) groups excluding carboxylic acids is 2. The summed E-state index contributed by atoms with van der Waals surface area (Å²) in [6.07, 6.45) is -0.342. The lowest BCUT2D eigenvalue weighted by Crippen LogP contribution is -2.27. The Hall–Kier alpha value is -3.19. The SMILES string of the molecule is Cc1ccc(Cl)cc1NC(=O)CC(=O)NCc1cc(-c2ccc(F)cc2)no1. The van der Waals surface area contributed by atoms with E-state index >= 15 is 0 Å². The third kappa shape index (κ3) is 5.17. The number of aromatic nitrogens is 1. The molecule has 3 rings (SSSR count). The first kappa shape index (κ1) is 19.6. The molecular formula is C20H17ClFN3O3. The molecular weight excluding hydrogens is 385 g/mol. The molecule has 0 saturated carbocycles. The molecule has 2 N–H and O–H groups in total. The van der Waals surface area contributed by atoms with Crippen LogP contribution in [0.3, 0.4) is 0 Å². The number of nitrogens with zero attached hydrogens (tertiary/aromatic N) is 1. The monoisotopic (exact) mass is 401 g/mol. The minimum atomic E-state index is -0.461. The number of hydrogen-bond acceptors (Lipinski definition) is 4. The fourth-order valence-corrected chi connectivity index (χ4v) is 2.64. The zero-order chi connectivity index (χ0) is 20.1. The summed E-state index contributed by atoms with van der Waals surface area (Å²) in [6.45, 7) is 1.91. The molecule has 0 unspecified atom stereocenters. The summed E-state index contributed by atoms with van der Waals surface area (Å²) in [7, 11) is 0. The van der Waals surface area contributed by atoms with Gasteiger partial charge in [0, 0.05) is 22.3 Å². The Morgan fingerprint density at radius 3 is 2.61 bits per heavy atom. The molecule has 3 aromatic rings. The van der Waals surface area contributed by atoms with E-state index in [9.17, 15) is 14.0 Å². The van der Waals surface area contributed by atoms with Gasteiger partial charge in [-0.25, -0.2) is 4.39 Å². The van der Waals surface area contributed by atoms with E-state index in [2.05, 4.69) is 15.8 Å². The van der Waals surface area contributed by atoms with Crippen molar-refractivity contribution in [1.29, 1.82) is 0 Å². The van der Waals surface area contributed by atoms with Crippen LogP contribution in [0.25, 0.3) is 11.3 Å². The van der Waals surface area contributed by atoms with Crippen LogP contribution in [0.15, 0.2) is 53.1 Å². The van der Waals surface area contributed by atoms with Gasteiger partial charge in [-0.1, -0.05) is 22.8 Å². The first-order chi connectivity index (χ1) is 13.4. The van der Waals surface area contributed by atoms with E-state index in [1.54, 1.807) is 36.4 Å². The Morgan fingerprint density at radius 2 is 1.86 bits per heavy atom. The van der Waals surface area contributed by atoms with Crippen LogP contribution in [0, 0.1) is 12.7 Å². The van der Waals surface area contributed by atoms with Gasteiger partial charge < -0.3 is 15.2 Å². The second-order valence-electron chi connectivity index (χ2n) is 6.15. The summed E-state index contributed by atoms with van der Waals surface area (Å²) in [4.78, 5) is 24.0. The smallest absolute Gasteiger partial charge is 0.233 e. The maximum atomic E-state index is 13.0. The molecule has 0 bridgehead atoms. The second-order valence-corrected chi connectivity index (χ2v) is 6.58. The highest BCUT2D eigenvalue weighted by molar-refractivity contribution is 6.31. The Morgan fingerprint density at radius 1 is 1.11 bits per heavy atom. The molecule has 0 radical (unpaired) electrons. The first-order valence-electron chi connectivity index (χ1n) is 8.45. The first-order valence-corrected chi connectivity index (χ1v) is 8.83. The number of anilines is 1. The summed E-state index contributed by atoms with van der Waals surface area (Å²) < 4.78 is 18.1. The third-order valence-electron chi connectivity index (χ3n) is 3.95. The normalized spacial score (nSPS) is 10.5. The number of hydrogen-bond donors (Lipinski definition) is 2. The average molecular weight is 402 g/mol. The van der Waals surface area contributed by atoms with Crippen LogP contribution in [-0.2, 0) is 16.1 Å². The number of nitrogens with one attached hydrogen (secondary N) is 2. The highest BCUT2D eigenvalue weighted by atomic mass is 35.5. The Labute approximate surface area is 165 Å². The maximum Gasteiger partial charge on any atom is 0.233 e. The van der Waals surface area contributed by atoms with Gasteiger partial charge in [0.2, 0.25) is 11.8 Å². The molecule has 1 heterocycles. The van der Waals surface area contributed by atoms with Gasteiger partial charge >= 0.3 is 0 Å². The van der Waals surface area contributed by atoms with Crippen molar-refractivity contribution in [3.63, 3.8) is 0 Å². The van der Waals surface area contributed by atoms with Gasteiger partial charge in [0.25, 0.3) is 0 Å². The standard InChI is InChI=1S/C20H17ClFN3O3/c1-12-2-5-14(21)8-17(12)24-20(27)10-19(26)23-11-16-9-18(25-28-16)13-3-6-15(22)7-4-13/h2-9H,10-11H2,1H3,(H,23,26)(H,24,27). The minimum Gasteiger partial charge on any atom is -0.359 e. The van der Waals surface area contributed by atoms with E-state index in [1.165, 1.54) is 12.1 Å². The minimum absolute atomic E-state index is 0.0799. The lowest BCUT2D eigenvalue weighted by molar-refractivity contribution is -0.127. The number of aryl methyl sites for hydroxylation is 1. The number of benzene rings is 2. The molecule has 6 nitrogen and oxygen atoms in total. The van der Waals surface area contributed by atoms with E-state index in [0.29, 0.717) is 27.7 Å². The number of amides is 2. The Balaban J connectivity index is 1.51. The molecule has 0 spiro atoms. The molecule has 0 saturated heterocycles. The van der Waals surface area contributed by atoms with Crippen LogP contribution < -0.4 is 10.6 Å². The Kier molecular flexibility index (Phi) is 6.06. The predicted octanol–water partition coefficient (Wildman–Crippen LogP) is 4.09. The van der Waals surface area contributed by atoms with Crippen LogP contribution in [0.2, 0.25) is 5.02 Å². The quantitative estimate of drug-likeness (QED) is 0.609. The van der Waals surface area contributed by atoms with E-state index in [0.717, 1.165) is 5.56 Å². The van der Waals surface area contributed by atoms with Crippen molar-refractivity contribution >= 4 is 29.1 Å². The van der Waals surface area contributed by atoms with Crippen molar-refractivity contribution < 1.29 is 18.5 Å². The molecule has 1 aromatic heterocycles. The largest absolute Gasteiger partial charge is 0.359 e. The van der Waals surface area contributed by atoms with Crippen molar-refractivity contribution in [1.82, 2.24) is 10.5 Å². The van der Waals surface area contributed by atoms with Gasteiger partial charge in [-0.15, -0.1) is 0 Å². The van der Waals surface area contributed by atoms with Gasteiger partial charge in [0.15, 0.2) is 5.76 Å². The van der Waals surface area contributed by atoms with Crippen LogP contribution in [-0.4, -0.2) is 17.0 Å². The summed E-state index contributed by atoms with van der Waals surface area (Å²) in [5.74, 6) is -0.839. The van der Waals surface area contributed by atoms with Crippen LogP contribution in [0.1, 0.15) is 17.7 Å². The van der Waals surface area contributed by atoms with Gasteiger partial charge in [0.05, 0.1) is 6.54 Å². The van der Waals surface area contributed by atoms with Gasteiger partial charge in [-0.2, -0.15) is 0 Å². The van der Waals surface area contributed by atoms with Crippen molar-refractivity contribution in [3.05, 3.63) is 70.7 Å². The molecule has 8 heteroatoms. The van der Waals surface area contributed by atoms with E-state index in [-0.39, 0.29) is 18.8 Å². The van der Waals surface area contributed by atoms with Crippen molar-refractivity contribution in [3.8, 4) is 11.3 Å².